The molecule has 10 heteroatoms. The van der Waals surface area contributed by atoms with Crippen molar-refractivity contribution in [3.8, 4) is 0 Å². The Balaban J connectivity index is 1.62. The Hall–Kier alpha value is -3.27. The number of aliphatic hydroxyl groups excluding tert-OH is 1. The summed E-state index contributed by atoms with van der Waals surface area (Å²) in [6.45, 7) is 10.6. The Bertz CT molecular complexity index is 1220. The minimum atomic E-state index is -0.736. The van der Waals surface area contributed by atoms with Crippen molar-refractivity contribution in [2.24, 2.45) is 5.41 Å². The van der Waals surface area contributed by atoms with E-state index in [2.05, 4.69) is 46.6 Å². The van der Waals surface area contributed by atoms with Gasteiger partial charge in [-0.1, -0.05) is 26.0 Å². The fourth-order valence-electron chi connectivity index (χ4n) is 4.64. The fraction of sp³-hybridized carbons (Fsp3) is 0.542. The number of benzene rings is 1. The van der Waals surface area contributed by atoms with E-state index in [1.165, 1.54) is 23.1 Å². The molecule has 0 aliphatic carbocycles. The molecule has 1 aliphatic rings. The number of β-amino-alcohol motifs (C(OH)–C–C–N with tert-alkyl or cyclic N) is 1. The molecule has 0 radical (unpaired) electrons. The lowest BCUT2D eigenvalue weighted by atomic mass is 9.85. The summed E-state index contributed by atoms with van der Waals surface area (Å²) in [5.74, 6) is -0.539. The molecule has 182 valence electrons. The predicted molar refractivity (Wildman–Crippen MR) is 127 cm³/mol. The Morgan fingerprint density at radius 2 is 1.94 bits per heavy atom. The van der Waals surface area contributed by atoms with Gasteiger partial charge < -0.3 is 19.9 Å². The predicted octanol–water partition coefficient (Wildman–Crippen LogP) is 1.59. The van der Waals surface area contributed by atoms with E-state index in [0.717, 1.165) is 11.0 Å². The first-order valence-electron chi connectivity index (χ1n) is 11.5. The number of imidazole rings is 1. The minimum absolute atomic E-state index is 0.116. The van der Waals surface area contributed by atoms with Gasteiger partial charge in [-0.2, -0.15) is 0 Å². The van der Waals surface area contributed by atoms with Gasteiger partial charge in [-0.15, -0.1) is 5.10 Å². The van der Waals surface area contributed by atoms with Crippen molar-refractivity contribution in [2.45, 2.75) is 65.8 Å². The molecule has 0 spiro atoms. The molecule has 4 rings (SSSR count). The van der Waals surface area contributed by atoms with Crippen LogP contribution in [0.4, 0.5) is 0 Å². The summed E-state index contributed by atoms with van der Waals surface area (Å²) < 4.78 is 3.60. The fourth-order valence-corrected chi connectivity index (χ4v) is 4.64. The highest BCUT2D eigenvalue weighted by Gasteiger charge is 2.45. The monoisotopic (exact) mass is 467 g/mol. The largest absolute Gasteiger partial charge is 0.391 e. The second kappa shape index (κ2) is 8.83. The highest BCUT2D eigenvalue weighted by molar-refractivity contribution is 5.90. The van der Waals surface area contributed by atoms with Gasteiger partial charge in [-0.25, -0.2) is 9.67 Å². The number of fused-ring (bicyclic) bond motifs is 1. The number of rotatable bonds is 5. The third-order valence-corrected chi connectivity index (χ3v) is 6.56. The maximum atomic E-state index is 13.7. The van der Waals surface area contributed by atoms with Crippen molar-refractivity contribution in [3.05, 3.63) is 41.5 Å². The summed E-state index contributed by atoms with van der Waals surface area (Å²) in [4.78, 5) is 32.0. The van der Waals surface area contributed by atoms with Crippen LogP contribution in [0.1, 0.15) is 50.1 Å². The van der Waals surface area contributed by atoms with Crippen molar-refractivity contribution < 1.29 is 14.7 Å². The van der Waals surface area contributed by atoms with Gasteiger partial charge in [-0.3, -0.25) is 9.59 Å². The number of nitrogens with zero attached hydrogens (tertiary/aromatic N) is 6. The van der Waals surface area contributed by atoms with E-state index in [4.69, 9.17) is 0 Å². The average Bonchev–Trinajstić information content (AvgIpc) is 3.47. The number of carbonyl (C=O) groups excluding carboxylic acids is 2. The lowest BCUT2D eigenvalue weighted by molar-refractivity contribution is -0.144. The number of aryl methyl sites for hydroxylation is 2. The molecular formula is C24H33N7O3. The van der Waals surface area contributed by atoms with E-state index >= 15 is 0 Å². The minimum Gasteiger partial charge on any atom is -0.391 e. The Labute approximate surface area is 198 Å². The number of likely N-dealkylation sites (tertiary alicyclic amines) is 1. The molecule has 34 heavy (non-hydrogen) atoms. The van der Waals surface area contributed by atoms with Gasteiger partial charge >= 0.3 is 0 Å². The molecule has 1 aliphatic heterocycles. The highest BCUT2D eigenvalue weighted by Crippen LogP contribution is 2.34. The summed E-state index contributed by atoms with van der Waals surface area (Å²) in [6.07, 6.45) is 3.05. The van der Waals surface area contributed by atoms with E-state index in [-0.39, 0.29) is 24.8 Å². The molecule has 10 nitrogen and oxygen atoms in total. The lowest BCUT2D eigenvalue weighted by Gasteiger charge is -2.34. The first kappa shape index (κ1) is 23.9. The zero-order valence-corrected chi connectivity index (χ0v) is 20.6. The van der Waals surface area contributed by atoms with Crippen LogP contribution in [-0.4, -0.2) is 72.1 Å². The van der Waals surface area contributed by atoms with E-state index in [1.807, 2.05) is 25.3 Å². The van der Waals surface area contributed by atoms with Crippen molar-refractivity contribution >= 4 is 22.8 Å². The number of amides is 2. The molecule has 3 heterocycles. The first-order chi connectivity index (χ1) is 16.0. The van der Waals surface area contributed by atoms with Gasteiger partial charge in [-0.05, 0) is 42.5 Å². The Morgan fingerprint density at radius 3 is 2.62 bits per heavy atom. The summed E-state index contributed by atoms with van der Waals surface area (Å²) in [5.41, 5.74) is 4.52. The van der Waals surface area contributed by atoms with Crippen LogP contribution >= 0.6 is 0 Å². The zero-order chi connectivity index (χ0) is 24.8. The molecule has 3 atom stereocenters. The zero-order valence-electron chi connectivity index (χ0n) is 20.6. The molecule has 2 unspecified atom stereocenters. The summed E-state index contributed by atoms with van der Waals surface area (Å²) in [5, 5.41) is 21.4. The van der Waals surface area contributed by atoms with Crippen LogP contribution in [0, 0.1) is 19.3 Å². The van der Waals surface area contributed by atoms with Gasteiger partial charge in [0.15, 0.2) is 0 Å². The van der Waals surface area contributed by atoms with Crippen LogP contribution < -0.4 is 5.32 Å². The molecule has 3 aromatic rings. The molecule has 1 saturated heterocycles. The number of hydrogen-bond donors (Lipinski definition) is 2. The van der Waals surface area contributed by atoms with Crippen molar-refractivity contribution in [1.29, 1.82) is 0 Å². The third kappa shape index (κ3) is 4.42. The average molecular weight is 468 g/mol. The van der Waals surface area contributed by atoms with Gasteiger partial charge in [0.1, 0.15) is 17.8 Å². The first-order valence-corrected chi connectivity index (χ1v) is 11.5. The maximum absolute atomic E-state index is 13.7. The lowest BCUT2D eigenvalue weighted by Crippen LogP contribution is -2.49. The second-order valence-electron chi connectivity index (χ2n) is 10.3. The normalized spacial score (nSPS) is 19.6. The van der Waals surface area contributed by atoms with E-state index in [1.54, 1.807) is 17.2 Å². The molecule has 2 N–H and O–H groups in total. The molecule has 2 amide bonds. The topological polar surface area (TPSA) is 118 Å². The van der Waals surface area contributed by atoms with E-state index < -0.39 is 23.6 Å². The van der Waals surface area contributed by atoms with Crippen molar-refractivity contribution in [2.75, 3.05) is 13.6 Å². The van der Waals surface area contributed by atoms with Crippen LogP contribution in [0.25, 0.3) is 11.0 Å². The number of hydrogen-bond acceptors (Lipinski definition) is 6. The van der Waals surface area contributed by atoms with Crippen LogP contribution in [-0.2, 0) is 16.1 Å². The quantitative estimate of drug-likeness (QED) is 0.588. The number of aromatic nitrogens is 5. The van der Waals surface area contributed by atoms with Crippen LogP contribution in [0.3, 0.4) is 0 Å². The smallest absolute Gasteiger partial charge is 0.248 e. The number of carbonyl (C=O) groups is 2. The summed E-state index contributed by atoms with van der Waals surface area (Å²) >= 11 is 0. The van der Waals surface area contributed by atoms with E-state index in [0.29, 0.717) is 12.2 Å². The second-order valence-corrected chi connectivity index (χ2v) is 10.3. The number of aliphatic hydroxyl groups is 1. The van der Waals surface area contributed by atoms with Gasteiger partial charge in [0, 0.05) is 20.0 Å². The molecular weight excluding hydrogens is 434 g/mol. The van der Waals surface area contributed by atoms with Gasteiger partial charge in [0.05, 0.1) is 36.2 Å². The SMILES string of the molecule is CNC(=O)C1CC(O)CN1C(=O)[C@@H](n1cc(Cn2cnc3cc(C)c(C)cc32)nn1)C(C)(C)C. The Kier molecular flexibility index (Phi) is 6.20. The molecule has 1 aromatic carbocycles. The standard InChI is InChI=1S/C24H33N7O3/c1-14-7-18-19(8-15(14)2)29(13-26-18)10-16-11-31(28-27-16)21(24(3,4)5)23(34)30-12-17(32)9-20(30)22(33)25-6/h7-8,11,13,17,20-21,32H,9-10,12H2,1-6H3,(H,25,33)/t17?,20?,21-/m1/s1. The molecule has 0 saturated carbocycles. The van der Waals surface area contributed by atoms with Crippen LogP contribution in [0.5, 0.6) is 0 Å². The van der Waals surface area contributed by atoms with Gasteiger partial charge in [0.2, 0.25) is 11.8 Å². The molecule has 2 aromatic heterocycles. The Morgan fingerprint density at radius 1 is 1.24 bits per heavy atom. The third-order valence-electron chi connectivity index (χ3n) is 6.56. The molecule has 1 fully saturated rings. The maximum Gasteiger partial charge on any atom is 0.248 e. The molecule has 0 bridgehead atoms. The number of likely N-dealkylation sites (N-methyl/N-ethyl adjacent to an activating group) is 1. The van der Waals surface area contributed by atoms with Crippen molar-refractivity contribution in [1.82, 2.24) is 34.8 Å². The highest BCUT2D eigenvalue weighted by atomic mass is 16.3. The van der Waals surface area contributed by atoms with Crippen LogP contribution in [0.15, 0.2) is 24.7 Å². The van der Waals surface area contributed by atoms with Gasteiger partial charge in [0.25, 0.3) is 0 Å². The summed E-state index contributed by atoms with van der Waals surface area (Å²) in [6, 6.07) is 2.79. The van der Waals surface area contributed by atoms with E-state index in [9.17, 15) is 14.7 Å². The van der Waals surface area contributed by atoms with Crippen molar-refractivity contribution in [3.63, 3.8) is 0 Å². The summed E-state index contributed by atoms with van der Waals surface area (Å²) in [7, 11) is 1.53. The number of nitrogens with one attached hydrogen (secondary N) is 1. The van der Waals surface area contributed by atoms with Crippen LogP contribution in [0.2, 0.25) is 0 Å².